The first-order chi connectivity index (χ1) is 27.8. The molecule has 3 nitrogen and oxygen atoms in total. The SMILES string of the molecule is c1ccc(-c2ccccc2N(c2cccc3c2sc2ccccc23)c2cccc3oc4c(-c5ccc6ccccc6c5)c5c(cc4c23)oc2ccccc25)cc1. The van der Waals surface area contributed by atoms with Crippen LogP contribution in [0.3, 0.4) is 0 Å². The summed E-state index contributed by atoms with van der Waals surface area (Å²) in [7, 11) is 0. The van der Waals surface area contributed by atoms with Gasteiger partial charge in [-0.2, -0.15) is 0 Å². The molecule has 12 aromatic rings. The molecule has 0 saturated carbocycles. The number of hydrogen-bond donors (Lipinski definition) is 0. The monoisotopic (exact) mass is 733 g/mol. The number of furan rings is 2. The standard InChI is InChI=1S/C52H31NO2S/c1-2-15-33(16-3-1)36-18-6-9-22-41(36)53(43-24-12-21-38-37-19-8-11-27-47(37)56-52(38)43)42-23-13-26-45-49(42)40-31-46-50(39-20-7-10-25-44(39)54-46)48(51(40)55-45)35-29-28-32-14-4-5-17-34(32)30-35/h1-31H. The van der Waals surface area contributed by atoms with Crippen LogP contribution in [0.1, 0.15) is 0 Å². The summed E-state index contributed by atoms with van der Waals surface area (Å²) in [5, 5.41) is 9.07. The zero-order valence-electron chi connectivity index (χ0n) is 30.1. The maximum Gasteiger partial charge on any atom is 0.144 e. The Morgan fingerprint density at radius 2 is 1.09 bits per heavy atom. The van der Waals surface area contributed by atoms with Crippen molar-refractivity contribution >= 4 is 103 Å². The summed E-state index contributed by atoms with van der Waals surface area (Å²) in [4.78, 5) is 2.45. The Bertz CT molecular complexity index is 3500. The smallest absolute Gasteiger partial charge is 0.144 e. The van der Waals surface area contributed by atoms with Crippen molar-refractivity contribution in [2.45, 2.75) is 0 Å². The third-order valence-electron chi connectivity index (χ3n) is 11.2. The van der Waals surface area contributed by atoms with Crippen molar-refractivity contribution < 1.29 is 8.83 Å². The summed E-state index contributed by atoms with van der Waals surface area (Å²) in [6.45, 7) is 0. The number of rotatable bonds is 5. The van der Waals surface area contributed by atoms with Gasteiger partial charge in [-0.15, -0.1) is 11.3 Å². The van der Waals surface area contributed by atoms with Crippen LogP contribution in [0.5, 0.6) is 0 Å². The van der Waals surface area contributed by atoms with E-state index in [2.05, 4.69) is 187 Å². The molecule has 0 radical (unpaired) electrons. The van der Waals surface area contributed by atoms with Crippen LogP contribution < -0.4 is 4.90 Å². The largest absolute Gasteiger partial charge is 0.456 e. The molecule has 0 aliphatic heterocycles. The summed E-state index contributed by atoms with van der Waals surface area (Å²) in [6, 6.07) is 67.1. The first-order valence-electron chi connectivity index (χ1n) is 18.9. The highest BCUT2D eigenvalue weighted by Crippen LogP contribution is 2.52. The van der Waals surface area contributed by atoms with Gasteiger partial charge < -0.3 is 13.7 Å². The van der Waals surface area contributed by atoms with Crippen LogP contribution in [0.4, 0.5) is 17.1 Å². The van der Waals surface area contributed by atoms with E-state index in [4.69, 9.17) is 8.83 Å². The van der Waals surface area contributed by atoms with E-state index in [1.165, 1.54) is 30.9 Å². The Balaban J connectivity index is 1.22. The van der Waals surface area contributed by atoms with Gasteiger partial charge in [-0.1, -0.05) is 140 Å². The average molecular weight is 734 g/mol. The molecular weight excluding hydrogens is 703 g/mol. The summed E-state index contributed by atoms with van der Waals surface area (Å²) < 4.78 is 16.3. The molecule has 0 unspecified atom stereocenters. The maximum atomic E-state index is 7.12. The molecule has 0 N–H and O–H groups in total. The number of benzene rings is 9. The Morgan fingerprint density at radius 3 is 2.02 bits per heavy atom. The minimum atomic E-state index is 0.821. The molecule has 0 fully saturated rings. The fraction of sp³-hybridized carbons (Fsp3) is 0. The number of fused-ring (bicyclic) bond motifs is 10. The highest BCUT2D eigenvalue weighted by atomic mass is 32.1. The summed E-state index contributed by atoms with van der Waals surface area (Å²) >= 11 is 1.84. The molecule has 0 aliphatic carbocycles. The maximum absolute atomic E-state index is 7.12. The molecule has 0 bridgehead atoms. The van der Waals surface area contributed by atoms with Crippen molar-refractivity contribution in [2.24, 2.45) is 0 Å². The van der Waals surface area contributed by atoms with Gasteiger partial charge in [0.25, 0.3) is 0 Å². The molecule has 12 rings (SSSR count). The fourth-order valence-electron chi connectivity index (χ4n) is 8.78. The topological polar surface area (TPSA) is 29.5 Å². The van der Waals surface area contributed by atoms with Gasteiger partial charge in [0.1, 0.15) is 22.3 Å². The molecule has 0 amide bonds. The van der Waals surface area contributed by atoms with Crippen LogP contribution in [0.25, 0.3) is 97.1 Å². The highest BCUT2D eigenvalue weighted by Gasteiger charge is 2.27. The molecule has 0 aliphatic rings. The Morgan fingerprint density at radius 1 is 0.393 bits per heavy atom. The molecule has 0 atom stereocenters. The molecule has 0 spiro atoms. The summed E-state index contributed by atoms with van der Waals surface area (Å²) in [5.41, 5.74) is 11.0. The van der Waals surface area contributed by atoms with Crippen molar-refractivity contribution in [1.82, 2.24) is 0 Å². The van der Waals surface area contributed by atoms with E-state index in [9.17, 15) is 0 Å². The van der Waals surface area contributed by atoms with Crippen molar-refractivity contribution in [3.05, 3.63) is 188 Å². The third-order valence-corrected chi connectivity index (χ3v) is 12.4. The van der Waals surface area contributed by atoms with Gasteiger partial charge in [0.05, 0.1) is 27.1 Å². The van der Waals surface area contributed by atoms with Gasteiger partial charge in [0, 0.05) is 42.8 Å². The van der Waals surface area contributed by atoms with E-state index < -0.39 is 0 Å². The molecule has 3 aromatic heterocycles. The second kappa shape index (κ2) is 12.2. The molecule has 9 aromatic carbocycles. The first-order valence-corrected chi connectivity index (χ1v) is 19.7. The van der Waals surface area contributed by atoms with E-state index in [1.54, 1.807) is 0 Å². The van der Waals surface area contributed by atoms with Crippen LogP contribution in [-0.2, 0) is 0 Å². The Hall–Kier alpha value is -7.14. The zero-order chi connectivity index (χ0) is 36.7. The van der Waals surface area contributed by atoms with E-state index >= 15 is 0 Å². The van der Waals surface area contributed by atoms with Crippen LogP contribution in [0.2, 0.25) is 0 Å². The second-order valence-corrected chi connectivity index (χ2v) is 15.4. The van der Waals surface area contributed by atoms with Gasteiger partial charge in [0.2, 0.25) is 0 Å². The molecule has 4 heteroatoms. The van der Waals surface area contributed by atoms with Crippen molar-refractivity contribution in [3.63, 3.8) is 0 Å². The molecule has 3 heterocycles. The number of hydrogen-bond acceptors (Lipinski definition) is 4. The third kappa shape index (κ3) is 4.63. The lowest BCUT2D eigenvalue weighted by Gasteiger charge is -2.29. The normalized spacial score (nSPS) is 11.9. The number of nitrogens with zero attached hydrogens (tertiary/aromatic N) is 1. The van der Waals surface area contributed by atoms with Gasteiger partial charge in [-0.05, 0) is 70.4 Å². The lowest BCUT2D eigenvalue weighted by atomic mass is 9.94. The first kappa shape index (κ1) is 31.2. The molecular formula is C52H31NO2S. The minimum Gasteiger partial charge on any atom is -0.456 e. The zero-order valence-corrected chi connectivity index (χ0v) is 30.9. The Kier molecular flexibility index (Phi) is 6.80. The van der Waals surface area contributed by atoms with Gasteiger partial charge in [-0.25, -0.2) is 0 Å². The van der Waals surface area contributed by atoms with Crippen molar-refractivity contribution in [3.8, 4) is 22.3 Å². The van der Waals surface area contributed by atoms with Crippen LogP contribution in [-0.4, -0.2) is 0 Å². The Labute approximate surface area is 325 Å². The van der Waals surface area contributed by atoms with Gasteiger partial charge in [-0.3, -0.25) is 0 Å². The van der Waals surface area contributed by atoms with E-state index in [0.717, 1.165) is 83.2 Å². The number of anilines is 3. The van der Waals surface area contributed by atoms with Crippen LogP contribution in [0, 0.1) is 0 Å². The van der Waals surface area contributed by atoms with E-state index in [-0.39, 0.29) is 0 Å². The van der Waals surface area contributed by atoms with Gasteiger partial charge in [0.15, 0.2) is 0 Å². The van der Waals surface area contributed by atoms with E-state index in [1.807, 2.05) is 17.4 Å². The fourth-order valence-corrected chi connectivity index (χ4v) is 9.99. The molecule has 56 heavy (non-hydrogen) atoms. The van der Waals surface area contributed by atoms with E-state index in [0.29, 0.717) is 0 Å². The average Bonchev–Trinajstić information content (AvgIpc) is 3.95. The van der Waals surface area contributed by atoms with Crippen LogP contribution in [0.15, 0.2) is 197 Å². The lowest BCUT2D eigenvalue weighted by molar-refractivity contribution is 0.664. The second-order valence-electron chi connectivity index (χ2n) is 14.4. The van der Waals surface area contributed by atoms with Crippen molar-refractivity contribution in [2.75, 3.05) is 4.90 Å². The summed E-state index contributed by atoms with van der Waals surface area (Å²) in [6.07, 6.45) is 0. The number of para-hydroxylation sites is 2. The predicted molar refractivity (Wildman–Crippen MR) is 237 cm³/mol. The highest BCUT2D eigenvalue weighted by molar-refractivity contribution is 7.26. The predicted octanol–water partition coefficient (Wildman–Crippen LogP) is 15.8. The van der Waals surface area contributed by atoms with Crippen molar-refractivity contribution in [1.29, 1.82) is 0 Å². The van der Waals surface area contributed by atoms with Gasteiger partial charge >= 0.3 is 0 Å². The number of thiophene rings is 1. The summed E-state index contributed by atoms with van der Waals surface area (Å²) in [5.74, 6) is 0. The molecule has 0 saturated heterocycles. The lowest BCUT2D eigenvalue weighted by Crippen LogP contribution is -2.11. The molecule has 262 valence electrons. The van der Waals surface area contributed by atoms with Crippen LogP contribution >= 0.6 is 11.3 Å². The minimum absolute atomic E-state index is 0.821. The quantitative estimate of drug-likeness (QED) is 0.176.